The zero-order valence-electron chi connectivity index (χ0n) is 13.5. The highest BCUT2D eigenvalue weighted by Crippen LogP contribution is 2.26. The Labute approximate surface area is 126 Å². The second-order valence-corrected chi connectivity index (χ2v) is 4.58. The Morgan fingerprint density at radius 1 is 1.14 bits per heavy atom. The minimum Gasteiger partial charge on any atom is -0.466 e. The molecule has 0 heterocycles. The summed E-state index contributed by atoms with van der Waals surface area (Å²) in [7, 11) is 4.14. The molecule has 0 radical (unpaired) electrons. The molecule has 1 unspecified atom stereocenters. The average molecular weight is 302 g/mol. The first-order valence-corrected chi connectivity index (χ1v) is 7.00. The van der Waals surface area contributed by atoms with E-state index in [0.29, 0.717) is 6.42 Å². The average Bonchev–Trinajstić information content (AvgIpc) is 2.47. The summed E-state index contributed by atoms with van der Waals surface area (Å²) >= 11 is 0. The van der Waals surface area contributed by atoms with E-state index in [9.17, 15) is 9.59 Å². The van der Waals surface area contributed by atoms with Gasteiger partial charge in [-0.2, -0.15) is 0 Å². The van der Waals surface area contributed by atoms with Crippen molar-refractivity contribution in [3.05, 3.63) is 12.2 Å². The summed E-state index contributed by atoms with van der Waals surface area (Å²) in [6, 6.07) is 0. The van der Waals surface area contributed by atoms with Crippen molar-refractivity contribution < 1.29 is 28.5 Å². The summed E-state index contributed by atoms with van der Waals surface area (Å²) in [6.45, 7) is 3.41. The maximum absolute atomic E-state index is 11.3. The Kier molecular flexibility index (Phi) is 9.65. The van der Waals surface area contributed by atoms with E-state index in [1.54, 1.807) is 0 Å². The Hall–Kier alpha value is -1.40. The highest BCUT2D eigenvalue weighted by molar-refractivity contribution is 5.81. The van der Waals surface area contributed by atoms with Gasteiger partial charge in [0.1, 0.15) is 0 Å². The number of carbonyl (C=O) groups excluding carboxylic acids is 2. The van der Waals surface area contributed by atoms with Gasteiger partial charge >= 0.3 is 11.9 Å². The largest absolute Gasteiger partial charge is 0.466 e. The molecule has 122 valence electrons. The normalized spacial score (nSPS) is 13.2. The van der Waals surface area contributed by atoms with E-state index in [0.717, 1.165) is 19.3 Å². The Bertz CT molecular complexity index is 346. The molecule has 0 rings (SSSR count). The van der Waals surface area contributed by atoms with Crippen molar-refractivity contribution in [3.8, 4) is 0 Å². The fourth-order valence-electron chi connectivity index (χ4n) is 1.96. The molecular formula is C15H26O6. The quantitative estimate of drug-likeness (QED) is 0.267. The lowest BCUT2D eigenvalue weighted by Gasteiger charge is -2.35. The fourth-order valence-corrected chi connectivity index (χ4v) is 1.96. The molecule has 6 heteroatoms. The molecule has 0 saturated carbocycles. The molecule has 0 amide bonds. The molecule has 0 N–H and O–H groups in total. The summed E-state index contributed by atoms with van der Waals surface area (Å²) < 4.78 is 20.6. The summed E-state index contributed by atoms with van der Waals surface area (Å²) in [5.41, 5.74) is 0. The molecule has 21 heavy (non-hydrogen) atoms. The molecule has 0 saturated heterocycles. The highest BCUT2D eigenvalue weighted by Gasteiger charge is 2.39. The molecule has 0 aliphatic carbocycles. The minimum absolute atomic E-state index is 0.429. The Balaban J connectivity index is 5.20. The fraction of sp³-hybridized carbons (Fsp3) is 0.733. The summed E-state index contributed by atoms with van der Waals surface area (Å²) in [4.78, 5) is 22.6. The van der Waals surface area contributed by atoms with Crippen molar-refractivity contribution in [3.63, 3.8) is 0 Å². The van der Waals surface area contributed by atoms with Crippen molar-refractivity contribution in [1.29, 1.82) is 0 Å². The first-order chi connectivity index (χ1) is 9.95. The van der Waals surface area contributed by atoms with Gasteiger partial charge < -0.3 is 18.9 Å². The summed E-state index contributed by atoms with van der Waals surface area (Å²) in [5, 5.41) is 0. The lowest BCUT2D eigenvalue weighted by atomic mass is 10.0. The van der Waals surface area contributed by atoms with Gasteiger partial charge in [0, 0.05) is 27.2 Å². The van der Waals surface area contributed by atoms with Gasteiger partial charge in [-0.25, -0.2) is 4.79 Å². The number of unbranched alkanes of at least 4 members (excludes halogenated alkanes) is 2. The van der Waals surface area contributed by atoms with Crippen LogP contribution in [0.25, 0.3) is 0 Å². The molecular weight excluding hydrogens is 276 g/mol. The minimum atomic E-state index is -1.31. The van der Waals surface area contributed by atoms with Crippen molar-refractivity contribution in [2.24, 2.45) is 0 Å². The Morgan fingerprint density at radius 2 is 1.76 bits per heavy atom. The van der Waals surface area contributed by atoms with Crippen LogP contribution in [0.4, 0.5) is 0 Å². The molecule has 0 aromatic rings. The third kappa shape index (κ3) is 6.73. The predicted molar refractivity (Wildman–Crippen MR) is 77.6 cm³/mol. The van der Waals surface area contributed by atoms with E-state index >= 15 is 0 Å². The molecule has 0 aromatic heterocycles. The Morgan fingerprint density at radius 3 is 2.19 bits per heavy atom. The van der Waals surface area contributed by atoms with Crippen LogP contribution < -0.4 is 0 Å². The van der Waals surface area contributed by atoms with E-state index in [-0.39, 0.29) is 0 Å². The van der Waals surface area contributed by atoms with Gasteiger partial charge in [0.15, 0.2) is 6.10 Å². The van der Waals surface area contributed by atoms with E-state index in [1.807, 2.05) is 0 Å². The highest BCUT2D eigenvalue weighted by atomic mass is 16.7. The third-order valence-electron chi connectivity index (χ3n) is 3.12. The molecule has 1 atom stereocenters. The number of esters is 2. The second-order valence-electron chi connectivity index (χ2n) is 4.58. The maximum Gasteiger partial charge on any atom is 0.330 e. The topological polar surface area (TPSA) is 71.1 Å². The second kappa shape index (κ2) is 10.3. The van der Waals surface area contributed by atoms with Crippen molar-refractivity contribution in [1.82, 2.24) is 0 Å². The van der Waals surface area contributed by atoms with Gasteiger partial charge in [-0.15, -0.1) is 0 Å². The molecule has 0 aliphatic heterocycles. The molecule has 0 fully saturated rings. The van der Waals surface area contributed by atoms with Gasteiger partial charge in [0.05, 0.1) is 7.11 Å². The first-order valence-electron chi connectivity index (χ1n) is 7.00. The van der Waals surface area contributed by atoms with E-state index in [4.69, 9.17) is 14.2 Å². The maximum atomic E-state index is 11.3. The number of ether oxygens (including phenoxy) is 4. The number of methoxy groups -OCH3 is 3. The zero-order valence-corrected chi connectivity index (χ0v) is 13.5. The van der Waals surface area contributed by atoms with Gasteiger partial charge in [-0.3, -0.25) is 4.79 Å². The number of carbonyl (C=O) groups is 2. The lowest BCUT2D eigenvalue weighted by Crippen LogP contribution is -2.46. The number of hydrogen-bond acceptors (Lipinski definition) is 6. The number of rotatable bonds is 10. The smallest absolute Gasteiger partial charge is 0.330 e. The third-order valence-corrected chi connectivity index (χ3v) is 3.12. The van der Waals surface area contributed by atoms with Crippen LogP contribution in [0.15, 0.2) is 12.2 Å². The van der Waals surface area contributed by atoms with Crippen LogP contribution in [0.5, 0.6) is 0 Å². The number of hydrogen-bond donors (Lipinski definition) is 0. The van der Waals surface area contributed by atoms with Gasteiger partial charge in [0.2, 0.25) is 5.79 Å². The monoisotopic (exact) mass is 302 g/mol. The molecule has 0 aromatic carbocycles. The summed E-state index contributed by atoms with van der Waals surface area (Å²) in [6.07, 6.45) is 5.44. The molecule has 0 bridgehead atoms. The van der Waals surface area contributed by atoms with Crippen LogP contribution in [-0.4, -0.2) is 45.2 Å². The first kappa shape index (κ1) is 19.6. The van der Waals surface area contributed by atoms with E-state index in [2.05, 4.69) is 11.7 Å². The van der Waals surface area contributed by atoms with Crippen LogP contribution >= 0.6 is 0 Å². The van der Waals surface area contributed by atoms with E-state index in [1.165, 1.54) is 40.4 Å². The van der Waals surface area contributed by atoms with Gasteiger partial charge in [-0.1, -0.05) is 19.8 Å². The summed E-state index contributed by atoms with van der Waals surface area (Å²) in [5.74, 6) is -2.28. The predicted octanol–water partition coefficient (Wildman–Crippen LogP) is 2.22. The standard InChI is InChI=1S/C15H26O6/c1-6-7-8-9-13(21-12(2)16)15(19-4,20-5)11-10-14(17)18-3/h10-11,13H,6-9H2,1-5H3/b11-10-. The lowest BCUT2D eigenvalue weighted by molar-refractivity contribution is -0.237. The SMILES string of the molecule is CCCCCC(OC(C)=O)C(/C=C\C(=O)OC)(OC)OC. The van der Waals surface area contributed by atoms with Gasteiger partial charge in [-0.05, 0) is 18.9 Å². The van der Waals surface area contributed by atoms with Crippen LogP contribution in [0, 0.1) is 0 Å². The molecule has 0 spiro atoms. The molecule has 0 aliphatic rings. The van der Waals surface area contributed by atoms with Crippen LogP contribution in [0.3, 0.4) is 0 Å². The van der Waals surface area contributed by atoms with Crippen LogP contribution in [-0.2, 0) is 28.5 Å². The zero-order chi connectivity index (χ0) is 16.3. The van der Waals surface area contributed by atoms with Crippen molar-refractivity contribution in [2.75, 3.05) is 21.3 Å². The van der Waals surface area contributed by atoms with Crippen molar-refractivity contribution >= 4 is 11.9 Å². The molecule has 6 nitrogen and oxygen atoms in total. The van der Waals surface area contributed by atoms with Crippen LogP contribution in [0.1, 0.15) is 39.5 Å². The van der Waals surface area contributed by atoms with Crippen LogP contribution in [0.2, 0.25) is 0 Å². The van der Waals surface area contributed by atoms with Gasteiger partial charge in [0.25, 0.3) is 0 Å². The van der Waals surface area contributed by atoms with E-state index < -0.39 is 23.8 Å². The van der Waals surface area contributed by atoms with Crippen molar-refractivity contribution in [2.45, 2.75) is 51.4 Å².